The minimum Gasteiger partial charge on any atom is -0.469 e. The molecule has 2 aromatic heterocycles. The van der Waals surface area contributed by atoms with Crippen LogP contribution in [0, 0.1) is 0 Å². The predicted octanol–water partition coefficient (Wildman–Crippen LogP) is 2.06. The number of carbonyl (C=O) groups excluding carboxylic acids is 1. The highest BCUT2D eigenvalue weighted by Crippen LogP contribution is 2.14. The Kier molecular flexibility index (Phi) is 2.18. The second-order valence-electron chi connectivity index (χ2n) is 2.97. The van der Waals surface area contributed by atoms with E-state index in [0.717, 1.165) is 5.76 Å². The zero-order chi connectivity index (χ0) is 9.97. The van der Waals surface area contributed by atoms with Crippen LogP contribution in [-0.2, 0) is 6.42 Å². The van der Waals surface area contributed by atoms with Gasteiger partial charge in [-0.1, -0.05) is 5.16 Å². The maximum atomic E-state index is 11.1. The van der Waals surface area contributed by atoms with Crippen LogP contribution < -0.4 is 0 Å². The second kappa shape index (κ2) is 3.49. The number of furan rings is 1. The van der Waals surface area contributed by atoms with Crippen molar-refractivity contribution in [1.82, 2.24) is 5.16 Å². The number of nitrogens with zero attached hydrogens (tertiary/aromatic N) is 1. The van der Waals surface area contributed by atoms with E-state index in [-0.39, 0.29) is 5.78 Å². The van der Waals surface area contributed by atoms with E-state index in [1.165, 1.54) is 13.1 Å². The number of Topliss-reactive ketones (excluding diaryl/α,β-unsaturated/α-hetero) is 1. The summed E-state index contributed by atoms with van der Waals surface area (Å²) in [4.78, 5) is 11.1. The van der Waals surface area contributed by atoms with Crippen LogP contribution in [0.25, 0.3) is 0 Å². The number of hydrogen-bond donors (Lipinski definition) is 0. The smallest absolute Gasteiger partial charge is 0.165 e. The van der Waals surface area contributed by atoms with Crippen LogP contribution in [0.2, 0.25) is 0 Å². The molecule has 0 aromatic carbocycles. The Hall–Kier alpha value is -1.84. The largest absolute Gasteiger partial charge is 0.469 e. The fourth-order valence-corrected chi connectivity index (χ4v) is 1.25. The molecule has 2 heterocycles. The van der Waals surface area contributed by atoms with E-state index in [1.807, 2.05) is 6.07 Å². The molecule has 0 saturated heterocycles. The highest BCUT2D eigenvalue weighted by molar-refractivity contribution is 5.94. The molecule has 0 aliphatic heterocycles. The van der Waals surface area contributed by atoms with Gasteiger partial charge >= 0.3 is 0 Å². The van der Waals surface area contributed by atoms with E-state index in [1.54, 1.807) is 12.3 Å². The Bertz CT molecular complexity index is 428. The average molecular weight is 191 g/mol. The summed E-state index contributed by atoms with van der Waals surface area (Å²) in [7, 11) is 0. The maximum Gasteiger partial charge on any atom is 0.165 e. The molecular weight excluding hydrogens is 182 g/mol. The zero-order valence-electron chi connectivity index (χ0n) is 7.69. The first-order valence-electron chi connectivity index (χ1n) is 4.24. The quantitative estimate of drug-likeness (QED) is 0.697. The average Bonchev–Trinajstić information content (AvgIpc) is 2.75. The first-order chi connectivity index (χ1) is 6.77. The second-order valence-corrected chi connectivity index (χ2v) is 2.97. The van der Waals surface area contributed by atoms with E-state index < -0.39 is 0 Å². The van der Waals surface area contributed by atoms with Gasteiger partial charge in [0.15, 0.2) is 11.5 Å². The molecule has 0 bridgehead atoms. The van der Waals surface area contributed by atoms with E-state index in [9.17, 15) is 4.79 Å². The van der Waals surface area contributed by atoms with Gasteiger partial charge in [-0.2, -0.15) is 0 Å². The minimum absolute atomic E-state index is 0.0483. The Morgan fingerprint density at radius 1 is 1.57 bits per heavy atom. The number of ketones is 1. The maximum absolute atomic E-state index is 11.1. The lowest BCUT2D eigenvalue weighted by molar-refractivity contribution is 0.101. The van der Waals surface area contributed by atoms with Gasteiger partial charge in [-0.05, 0) is 19.1 Å². The molecule has 4 nitrogen and oxygen atoms in total. The summed E-state index contributed by atoms with van der Waals surface area (Å²) in [6.45, 7) is 1.48. The molecule has 2 aromatic rings. The van der Waals surface area contributed by atoms with Gasteiger partial charge in [0.1, 0.15) is 5.76 Å². The number of rotatable bonds is 3. The lowest BCUT2D eigenvalue weighted by atomic mass is 10.1. The molecule has 0 radical (unpaired) electrons. The molecule has 0 unspecified atom stereocenters. The van der Waals surface area contributed by atoms with Crippen molar-refractivity contribution < 1.29 is 13.7 Å². The van der Waals surface area contributed by atoms with Gasteiger partial charge < -0.3 is 8.94 Å². The number of carbonyl (C=O) groups is 1. The first-order valence-corrected chi connectivity index (χ1v) is 4.24. The van der Waals surface area contributed by atoms with Gasteiger partial charge in [0.2, 0.25) is 0 Å². The van der Waals surface area contributed by atoms with Gasteiger partial charge in [-0.3, -0.25) is 4.79 Å². The molecule has 0 saturated carbocycles. The summed E-state index contributed by atoms with van der Waals surface area (Å²) in [6, 6.07) is 3.62. The molecule has 0 N–H and O–H groups in total. The van der Waals surface area contributed by atoms with Crippen molar-refractivity contribution in [1.29, 1.82) is 0 Å². The van der Waals surface area contributed by atoms with Crippen LogP contribution in [0.4, 0.5) is 0 Å². The highest BCUT2D eigenvalue weighted by atomic mass is 16.5. The van der Waals surface area contributed by atoms with Crippen molar-refractivity contribution in [2.24, 2.45) is 0 Å². The topological polar surface area (TPSA) is 56.2 Å². The van der Waals surface area contributed by atoms with E-state index in [0.29, 0.717) is 17.7 Å². The summed E-state index contributed by atoms with van der Waals surface area (Å²) in [5.74, 6) is 1.25. The molecule has 0 spiro atoms. The Balaban J connectivity index is 2.25. The monoisotopic (exact) mass is 191 g/mol. The van der Waals surface area contributed by atoms with Crippen LogP contribution in [0.1, 0.15) is 28.8 Å². The van der Waals surface area contributed by atoms with Gasteiger partial charge in [-0.15, -0.1) is 0 Å². The predicted molar refractivity (Wildman–Crippen MR) is 48.0 cm³/mol. The van der Waals surface area contributed by atoms with Crippen molar-refractivity contribution in [2.45, 2.75) is 13.3 Å². The van der Waals surface area contributed by atoms with Crippen molar-refractivity contribution in [3.63, 3.8) is 0 Å². The van der Waals surface area contributed by atoms with Crippen LogP contribution in [0.3, 0.4) is 0 Å². The third-order valence-corrected chi connectivity index (χ3v) is 1.94. The van der Waals surface area contributed by atoms with Gasteiger partial charge in [0.05, 0.1) is 24.4 Å². The summed E-state index contributed by atoms with van der Waals surface area (Å²) in [5, 5.41) is 3.59. The molecule has 72 valence electrons. The molecule has 2 rings (SSSR count). The normalized spacial score (nSPS) is 10.4. The standard InChI is InChI=1S/C10H9NO3/c1-7(12)9-6-11-14-10(9)5-8-3-2-4-13-8/h2-4,6H,5H2,1H3. The third-order valence-electron chi connectivity index (χ3n) is 1.94. The van der Waals surface area contributed by atoms with Crippen molar-refractivity contribution in [3.8, 4) is 0 Å². The Labute approximate surface area is 80.5 Å². The molecule has 0 aliphatic rings. The molecule has 14 heavy (non-hydrogen) atoms. The minimum atomic E-state index is -0.0483. The van der Waals surface area contributed by atoms with E-state index in [2.05, 4.69) is 5.16 Å². The summed E-state index contributed by atoms with van der Waals surface area (Å²) < 4.78 is 10.1. The van der Waals surface area contributed by atoms with Crippen LogP contribution >= 0.6 is 0 Å². The fourth-order valence-electron chi connectivity index (χ4n) is 1.25. The Morgan fingerprint density at radius 2 is 2.43 bits per heavy atom. The van der Waals surface area contributed by atoms with Gasteiger partial charge in [0.25, 0.3) is 0 Å². The van der Waals surface area contributed by atoms with Crippen molar-refractivity contribution in [2.75, 3.05) is 0 Å². The van der Waals surface area contributed by atoms with Crippen molar-refractivity contribution >= 4 is 5.78 Å². The van der Waals surface area contributed by atoms with Crippen LogP contribution in [0.5, 0.6) is 0 Å². The first kappa shape index (κ1) is 8.74. The SMILES string of the molecule is CC(=O)c1cnoc1Cc1ccco1. The number of aromatic nitrogens is 1. The van der Waals surface area contributed by atoms with Crippen LogP contribution in [-0.4, -0.2) is 10.9 Å². The van der Waals surface area contributed by atoms with Gasteiger partial charge in [-0.25, -0.2) is 0 Å². The fraction of sp³-hybridized carbons (Fsp3) is 0.200. The summed E-state index contributed by atoms with van der Waals surface area (Å²) in [5.41, 5.74) is 0.515. The Morgan fingerprint density at radius 3 is 3.07 bits per heavy atom. The summed E-state index contributed by atoms with van der Waals surface area (Å²) in [6.07, 6.45) is 3.47. The van der Waals surface area contributed by atoms with Crippen molar-refractivity contribution in [3.05, 3.63) is 41.7 Å². The summed E-state index contributed by atoms with van der Waals surface area (Å²) >= 11 is 0. The highest BCUT2D eigenvalue weighted by Gasteiger charge is 2.13. The zero-order valence-corrected chi connectivity index (χ0v) is 7.69. The van der Waals surface area contributed by atoms with E-state index in [4.69, 9.17) is 8.94 Å². The molecular formula is C10H9NO3. The molecule has 0 amide bonds. The van der Waals surface area contributed by atoms with Crippen LogP contribution in [0.15, 0.2) is 33.5 Å². The van der Waals surface area contributed by atoms with Gasteiger partial charge in [0, 0.05) is 0 Å². The lowest BCUT2D eigenvalue weighted by Crippen LogP contribution is -1.95. The third kappa shape index (κ3) is 1.59. The molecule has 0 atom stereocenters. The van der Waals surface area contributed by atoms with E-state index >= 15 is 0 Å². The lowest BCUT2D eigenvalue weighted by Gasteiger charge is -1.93. The molecule has 0 aliphatic carbocycles. The number of hydrogen-bond acceptors (Lipinski definition) is 4. The molecule has 0 fully saturated rings. The molecule has 4 heteroatoms.